The maximum Gasteiger partial charge on any atom is 0.224 e. The summed E-state index contributed by atoms with van der Waals surface area (Å²) < 4.78 is 2.13. The molecule has 5 nitrogen and oxygen atoms in total. The summed E-state index contributed by atoms with van der Waals surface area (Å²) in [6.45, 7) is 4.91. The number of aromatic nitrogens is 2. The van der Waals surface area contributed by atoms with Crippen LogP contribution in [0.4, 0.5) is 5.69 Å². The Labute approximate surface area is 168 Å². The van der Waals surface area contributed by atoms with Crippen LogP contribution in [0.15, 0.2) is 24.5 Å². The Morgan fingerprint density at radius 2 is 2.04 bits per heavy atom. The fourth-order valence-electron chi connectivity index (χ4n) is 4.53. The molecule has 150 valence electrons. The third-order valence-corrected chi connectivity index (χ3v) is 6.12. The van der Waals surface area contributed by atoms with Gasteiger partial charge in [-0.3, -0.25) is 9.48 Å². The van der Waals surface area contributed by atoms with Gasteiger partial charge in [-0.2, -0.15) is 5.10 Å². The van der Waals surface area contributed by atoms with Crippen LogP contribution in [0.5, 0.6) is 0 Å². The fourth-order valence-corrected chi connectivity index (χ4v) is 4.53. The van der Waals surface area contributed by atoms with Gasteiger partial charge in [-0.25, -0.2) is 0 Å². The van der Waals surface area contributed by atoms with E-state index in [-0.39, 0.29) is 11.9 Å². The van der Waals surface area contributed by atoms with Crippen LogP contribution >= 0.6 is 0 Å². The van der Waals surface area contributed by atoms with Crippen LogP contribution in [-0.4, -0.2) is 47.3 Å². The molecule has 1 aliphatic carbocycles. The van der Waals surface area contributed by atoms with Gasteiger partial charge in [-0.15, -0.1) is 0 Å². The lowest BCUT2D eigenvalue weighted by molar-refractivity contribution is -0.117. The number of carbonyl (C=O) groups excluding carboxylic acids is 1. The molecule has 2 heterocycles. The van der Waals surface area contributed by atoms with Crippen molar-refractivity contribution in [3.8, 4) is 11.1 Å². The number of carbonyl (C=O) groups is 1. The number of rotatable bonds is 6. The van der Waals surface area contributed by atoms with Gasteiger partial charge < -0.3 is 9.80 Å². The smallest absolute Gasteiger partial charge is 0.224 e. The van der Waals surface area contributed by atoms with Crippen LogP contribution in [0, 0.1) is 0 Å². The first-order valence-electron chi connectivity index (χ1n) is 10.6. The molecule has 1 aromatic heterocycles. The molecule has 0 N–H and O–H groups in total. The highest BCUT2D eigenvalue weighted by Gasteiger charge is 2.29. The monoisotopic (exact) mass is 380 g/mol. The van der Waals surface area contributed by atoms with Crippen molar-refractivity contribution in [1.29, 1.82) is 0 Å². The zero-order valence-electron chi connectivity index (χ0n) is 17.6. The van der Waals surface area contributed by atoms with E-state index < -0.39 is 0 Å². The Bertz CT molecular complexity index is 865. The van der Waals surface area contributed by atoms with E-state index in [1.54, 1.807) is 6.92 Å². The molecule has 0 saturated heterocycles. The van der Waals surface area contributed by atoms with Gasteiger partial charge >= 0.3 is 0 Å². The minimum Gasteiger partial charge on any atom is -0.310 e. The molecule has 0 radical (unpaired) electrons. The molecule has 0 unspecified atom stereocenters. The van der Waals surface area contributed by atoms with E-state index in [9.17, 15) is 4.79 Å². The van der Waals surface area contributed by atoms with E-state index in [0.717, 1.165) is 37.9 Å². The molecule has 1 atom stereocenters. The molecule has 2 aliphatic rings. The van der Waals surface area contributed by atoms with Crippen LogP contribution in [0.1, 0.15) is 56.7 Å². The lowest BCUT2D eigenvalue weighted by atomic mass is 9.86. The second kappa shape index (κ2) is 7.70. The van der Waals surface area contributed by atoms with Crippen LogP contribution in [-0.2, 0) is 17.6 Å². The molecule has 5 heteroatoms. The lowest BCUT2D eigenvalue weighted by Crippen LogP contribution is -2.41. The Balaban J connectivity index is 1.75. The van der Waals surface area contributed by atoms with Crippen LogP contribution in [0.25, 0.3) is 11.1 Å². The molecule has 1 saturated carbocycles. The fraction of sp³-hybridized carbons (Fsp3) is 0.565. The topological polar surface area (TPSA) is 41.4 Å². The molecule has 2 aromatic rings. The maximum atomic E-state index is 12.3. The molecule has 0 bridgehead atoms. The number of benzene rings is 1. The second-order valence-corrected chi connectivity index (χ2v) is 8.71. The van der Waals surface area contributed by atoms with E-state index in [0.29, 0.717) is 6.04 Å². The van der Waals surface area contributed by atoms with Crippen molar-refractivity contribution in [3.63, 3.8) is 0 Å². The van der Waals surface area contributed by atoms with Gasteiger partial charge in [0, 0.05) is 30.4 Å². The SMILES string of the molecule is CC(=O)N1c2ccc(-c3cnn(C4CC4)c3)c(CCCN(C)C)c2CC[C@@H]1C. The standard InChI is InChI=1S/C23H32N4O/c1-16-7-10-22-21(6-5-13-25(3)4)20(11-12-23(22)27(16)17(2)28)18-14-24-26(15-18)19-8-9-19/h11-12,14-16,19H,5-10,13H2,1-4H3/t16-/m0/s1. The van der Waals surface area contributed by atoms with E-state index in [1.807, 2.05) is 11.1 Å². The Hall–Kier alpha value is -2.14. The quantitative estimate of drug-likeness (QED) is 0.759. The molecule has 1 amide bonds. The predicted octanol–water partition coefficient (Wildman–Crippen LogP) is 4.07. The van der Waals surface area contributed by atoms with Crippen LogP contribution in [0.3, 0.4) is 0 Å². The molecule has 1 fully saturated rings. The molecular weight excluding hydrogens is 348 g/mol. The summed E-state index contributed by atoms with van der Waals surface area (Å²) in [6.07, 6.45) is 10.9. The number of amides is 1. The minimum atomic E-state index is 0.141. The van der Waals surface area contributed by atoms with Gasteiger partial charge in [0.25, 0.3) is 0 Å². The van der Waals surface area contributed by atoms with Gasteiger partial charge in [0.05, 0.1) is 12.2 Å². The van der Waals surface area contributed by atoms with Gasteiger partial charge in [-0.05, 0) is 88.8 Å². The summed E-state index contributed by atoms with van der Waals surface area (Å²) in [5, 5.41) is 4.62. The van der Waals surface area contributed by atoms with Gasteiger partial charge in [0.15, 0.2) is 0 Å². The summed E-state index contributed by atoms with van der Waals surface area (Å²) in [7, 11) is 4.25. The third kappa shape index (κ3) is 3.72. The normalized spacial score (nSPS) is 19.2. The zero-order chi connectivity index (χ0) is 19.8. The highest BCUT2D eigenvalue weighted by molar-refractivity contribution is 5.94. The third-order valence-electron chi connectivity index (χ3n) is 6.12. The van der Waals surface area contributed by atoms with Crippen LogP contribution < -0.4 is 4.90 Å². The Kier molecular flexibility index (Phi) is 5.28. The highest BCUT2D eigenvalue weighted by atomic mass is 16.2. The number of nitrogens with zero attached hydrogens (tertiary/aromatic N) is 4. The lowest BCUT2D eigenvalue weighted by Gasteiger charge is -2.36. The molecular formula is C23H32N4O. The number of anilines is 1. The first kappa shape index (κ1) is 19.2. The van der Waals surface area contributed by atoms with Crippen molar-refractivity contribution in [1.82, 2.24) is 14.7 Å². The molecule has 0 spiro atoms. The van der Waals surface area contributed by atoms with Crippen molar-refractivity contribution in [2.24, 2.45) is 0 Å². The number of hydrogen-bond acceptors (Lipinski definition) is 3. The average molecular weight is 381 g/mol. The molecule has 1 aromatic carbocycles. The van der Waals surface area contributed by atoms with Gasteiger partial charge in [0.2, 0.25) is 5.91 Å². The van der Waals surface area contributed by atoms with E-state index in [1.165, 1.54) is 35.1 Å². The maximum absolute atomic E-state index is 12.3. The number of hydrogen-bond donors (Lipinski definition) is 0. The van der Waals surface area contributed by atoms with E-state index in [2.05, 4.69) is 54.0 Å². The van der Waals surface area contributed by atoms with Gasteiger partial charge in [-0.1, -0.05) is 6.07 Å². The first-order valence-corrected chi connectivity index (χ1v) is 10.6. The van der Waals surface area contributed by atoms with Crippen molar-refractivity contribution < 1.29 is 4.79 Å². The Morgan fingerprint density at radius 1 is 1.25 bits per heavy atom. The zero-order valence-corrected chi connectivity index (χ0v) is 17.6. The van der Waals surface area contributed by atoms with Gasteiger partial charge in [0.1, 0.15) is 0 Å². The summed E-state index contributed by atoms with van der Waals surface area (Å²) in [4.78, 5) is 16.6. The predicted molar refractivity (Wildman–Crippen MR) is 114 cm³/mol. The van der Waals surface area contributed by atoms with Crippen molar-refractivity contribution in [2.75, 3.05) is 25.5 Å². The average Bonchev–Trinajstić information content (AvgIpc) is 3.38. The summed E-state index contributed by atoms with van der Waals surface area (Å²) >= 11 is 0. The molecule has 4 rings (SSSR count). The first-order chi connectivity index (χ1) is 13.5. The largest absolute Gasteiger partial charge is 0.310 e. The summed E-state index contributed by atoms with van der Waals surface area (Å²) in [6, 6.07) is 5.23. The van der Waals surface area contributed by atoms with E-state index >= 15 is 0 Å². The summed E-state index contributed by atoms with van der Waals surface area (Å²) in [5.41, 5.74) is 6.39. The Morgan fingerprint density at radius 3 is 2.71 bits per heavy atom. The van der Waals surface area contributed by atoms with Crippen molar-refractivity contribution in [3.05, 3.63) is 35.7 Å². The van der Waals surface area contributed by atoms with Crippen molar-refractivity contribution in [2.45, 2.75) is 64.5 Å². The number of fused-ring (bicyclic) bond motifs is 1. The highest BCUT2D eigenvalue weighted by Crippen LogP contribution is 2.40. The van der Waals surface area contributed by atoms with Crippen molar-refractivity contribution >= 4 is 11.6 Å². The van der Waals surface area contributed by atoms with Crippen LogP contribution in [0.2, 0.25) is 0 Å². The second-order valence-electron chi connectivity index (χ2n) is 8.71. The molecule has 28 heavy (non-hydrogen) atoms. The minimum absolute atomic E-state index is 0.141. The molecule has 1 aliphatic heterocycles. The van der Waals surface area contributed by atoms with E-state index in [4.69, 9.17) is 0 Å². The summed E-state index contributed by atoms with van der Waals surface area (Å²) in [5.74, 6) is 0.141.